The Morgan fingerprint density at radius 2 is 1.88 bits per heavy atom. The standard InChI is InChI=1S/C20H30N4OS/c1-13(2)12-25-18-9-7-17(8-10-18)14(3)24-20(21-6)22-11-19-15(4)23-16(5)26-19/h7-10,13-14H,11-12H2,1-6H3,(H2,21,22,24). The van der Waals surface area contributed by atoms with Crippen LogP contribution in [0, 0.1) is 19.8 Å². The molecule has 0 bridgehead atoms. The van der Waals surface area contributed by atoms with Crippen molar-refractivity contribution in [3.8, 4) is 5.75 Å². The van der Waals surface area contributed by atoms with Crippen molar-refractivity contribution < 1.29 is 4.74 Å². The maximum atomic E-state index is 5.74. The lowest BCUT2D eigenvalue weighted by Gasteiger charge is -2.18. The van der Waals surface area contributed by atoms with Gasteiger partial charge in [0.25, 0.3) is 0 Å². The number of rotatable bonds is 7. The van der Waals surface area contributed by atoms with Gasteiger partial charge in [0.2, 0.25) is 0 Å². The fraction of sp³-hybridized carbons (Fsp3) is 0.500. The topological polar surface area (TPSA) is 58.5 Å². The number of aliphatic imine (C=N–C) groups is 1. The van der Waals surface area contributed by atoms with Gasteiger partial charge in [-0.2, -0.15) is 0 Å². The van der Waals surface area contributed by atoms with Crippen molar-refractivity contribution in [2.24, 2.45) is 10.9 Å². The van der Waals surface area contributed by atoms with Crippen LogP contribution in [0.25, 0.3) is 0 Å². The van der Waals surface area contributed by atoms with Crippen LogP contribution in [0.4, 0.5) is 0 Å². The van der Waals surface area contributed by atoms with Crippen LogP contribution in [0.15, 0.2) is 29.3 Å². The average molecular weight is 375 g/mol. The second-order valence-electron chi connectivity index (χ2n) is 6.81. The van der Waals surface area contributed by atoms with Crippen LogP contribution in [0.3, 0.4) is 0 Å². The van der Waals surface area contributed by atoms with Crippen molar-refractivity contribution in [1.82, 2.24) is 15.6 Å². The van der Waals surface area contributed by atoms with Crippen molar-refractivity contribution in [2.45, 2.75) is 47.2 Å². The van der Waals surface area contributed by atoms with Gasteiger partial charge in [0.15, 0.2) is 5.96 Å². The first kappa shape index (κ1) is 20.2. The first-order valence-electron chi connectivity index (χ1n) is 9.02. The monoisotopic (exact) mass is 374 g/mol. The van der Waals surface area contributed by atoms with E-state index in [9.17, 15) is 0 Å². The highest BCUT2D eigenvalue weighted by Gasteiger charge is 2.10. The second kappa shape index (κ2) is 9.57. The summed E-state index contributed by atoms with van der Waals surface area (Å²) in [4.78, 5) is 10.0. The predicted molar refractivity (Wildman–Crippen MR) is 110 cm³/mol. The minimum Gasteiger partial charge on any atom is -0.493 e. The molecule has 1 aromatic heterocycles. The van der Waals surface area contributed by atoms with Gasteiger partial charge in [-0.05, 0) is 44.4 Å². The molecule has 0 aliphatic heterocycles. The number of hydrogen-bond donors (Lipinski definition) is 2. The van der Waals surface area contributed by atoms with E-state index < -0.39 is 0 Å². The second-order valence-corrected chi connectivity index (χ2v) is 8.09. The van der Waals surface area contributed by atoms with Crippen LogP contribution in [-0.4, -0.2) is 24.6 Å². The van der Waals surface area contributed by atoms with Gasteiger partial charge >= 0.3 is 0 Å². The quantitative estimate of drug-likeness (QED) is 0.563. The molecule has 1 aromatic carbocycles. The van der Waals surface area contributed by atoms with E-state index in [1.54, 1.807) is 18.4 Å². The molecule has 0 saturated carbocycles. The lowest BCUT2D eigenvalue weighted by Crippen LogP contribution is -2.38. The molecule has 2 rings (SSSR count). The number of benzene rings is 1. The third kappa shape index (κ3) is 6.02. The first-order chi connectivity index (χ1) is 12.4. The summed E-state index contributed by atoms with van der Waals surface area (Å²) in [6.45, 7) is 12.0. The minimum atomic E-state index is 0.143. The molecule has 0 spiro atoms. The lowest BCUT2D eigenvalue weighted by atomic mass is 10.1. The van der Waals surface area contributed by atoms with Crippen molar-refractivity contribution in [1.29, 1.82) is 0 Å². The smallest absolute Gasteiger partial charge is 0.191 e. The van der Waals surface area contributed by atoms with Crippen molar-refractivity contribution in [3.63, 3.8) is 0 Å². The number of nitrogens with one attached hydrogen (secondary N) is 2. The van der Waals surface area contributed by atoms with Crippen LogP contribution in [-0.2, 0) is 6.54 Å². The summed E-state index contributed by atoms with van der Waals surface area (Å²) in [6.07, 6.45) is 0. The number of aryl methyl sites for hydroxylation is 2. The molecular formula is C20H30N4OS. The van der Waals surface area contributed by atoms with Gasteiger partial charge in [-0.25, -0.2) is 4.98 Å². The summed E-state index contributed by atoms with van der Waals surface area (Å²) in [7, 11) is 1.79. The maximum Gasteiger partial charge on any atom is 0.191 e. The van der Waals surface area contributed by atoms with E-state index in [4.69, 9.17) is 4.74 Å². The SMILES string of the molecule is CN=C(NCc1sc(C)nc1C)NC(C)c1ccc(OCC(C)C)cc1. The third-order valence-electron chi connectivity index (χ3n) is 3.96. The number of ether oxygens (including phenoxy) is 1. The van der Waals surface area contributed by atoms with Gasteiger partial charge in [-0.1, -0.05) is 26.0 Å². The summed E-state index contributed by atoms with van der Waals surface area (Å²) in [5.41, 5.74) is 2.27. The summed E-state index contributed by atoms with van der Waals surface area (Å²) in [5, 5.41) is 7.89. The Labute approximate surface area is 160 Å². The van der Waals surface area contributed by atoms with E-state index in [2.05, 4.69) is 53.5 Å². The Balaban J connectivity index is 1.90. The summed E-state index contributed by atoms with van der Waals surface area (Å²) in [5.74, 6) is 2.21. The van der Waals surface area contributed by atoms with Gasteiger partial charge in [0.1, 0.15) is 5.75 Å². The first-order valence-corrected chi connectivity index (χ1v) is 9.83. The van der Waals surface area contributed by atoms with Gasteiger partial charge in [0.05, 0.1) is 29.9 Å². The van der Waals surface area contributed by atoms with Crippen molar-refractivity contribution >= 4 is 17.3 Å². The molecule has 0 saturated heterocycles. The molecule has 0 aliphatic rings. The molecule has 6 heteroatoms. The number of guanidine groups is 1. The fourth-order valence-corrected chi connectivity index (χ4v) is 3.38. The minimum absolute atomic E-state index is 0.143. The van der Waals surface area contributed by atoms with E-state index in [0.29, 0.717) is 5.92 Å². The molecule has 0 fully saturated rings. The van der Waals surface area contributed by atoms with E-state index in [1.165, 1.54) is 10.4 Å². The Morgan fingerprint density at radius 1 is 1.19 bits per heavy atom. The predicted octanol–water partition coefficient (Wildman–Crippen LogP) is 4.22. The van der Waals surface area contributed by atoms with Crippen molar-refractivity contribution in [2.75, 3.05) is 13.7 Å². The lowest BCUT2D eigenvalue weighted by molar-refractivity contribution is 0.271. The molecule has 1 unspecified atom stereocenters. The average Bonchev–Trinajstić information content (AvgIpc) is 2.94. The zero-order valence-electron chi connectivity index (χ0n) is 16.6. The number of thiazole rings is 1. The van der Waals surface area contributed by atoms with Gasteiger partial charge in [-0.15, -0.1) is 11.3 Å². The van der Waals surface area contributed by atoms with Gasteiger partial charge in [-0.3, -0.25) is 4.99 Å². The molecule has 1 atom stereocenters. The molecule has 0 aliphatic carbocycles. The molecule has 2 N–H and O–H groups in total. The molecule has 0 radical (unpaired) electrons. The largest absolute Gasteiger partial charge is 0.493 e. The van der Waals surface area contributed by atoms with Crippen LogP contribution in [0.5, 0.6) is 5.75 Å². The molecule has 1 heterocycles. The molecule has 5 nitrogen and oxygen atoms in total. The Hall–Kier alpha value is -2.08. The van der Waals surface area contributed by atoms with E-state index in [0.717, 1.165) is 35.6 Å². The fourth-order valence-electron chi connectivity index (χ4n) is 2.50. The van der Waals surface area contributed by atoms with Crippen molar-refractivity contribution in [3.05, 3.63) is 45.4 Å². The van der Waals surface area contributed by atoms with Crippen LogP contribution in [0.2, 0.25) is 0 Å². The molecular weight excluding hydrogens is 344 g/mol. The summed E-state index contributed by atoms with van der Waals surface area (Å²) < 4.78 is 5.74. The highest BCUT2D eigenvalue weighted by molar-refractivity contribution is 7.11. The van der Waals surface area contributed by atoms with Crippen LogP contribution < -0.4 is 15.4 Å². The third-order valence-corrected chi connectivity index (χ3v) is 5.03. The highest BCUT2D eigenvalue weighted by atomic mass is 32.1. The van der Waals surface area contributed by atoms with Crippen LogP contribution in [0.1, 0.15) is 48.0 Å². The maximum absolute atomic E-state index is 5.74. The van der Waals surface area contributed by atoms with E-state index in [1.807, 2.05) is 26.0 Å². The Kier molecular flexibility index (Phi) is 7.45. The summed E-state index contributed by atoms with van der Waals surface area (Å²) >= 11 is 1.72. The van der Waals surface area contributed by atoms with E-state index >= 15 is 0 Å². The van der Waals surface area contributed by atoms with E-state index in [-0.39, 0.29) is 6.04 Å². The summed E-state index contributed by atoms with van der Waals surface area (Å²) in [6, 6.07) is 8.38. The molecule has 2 aromatic rings. The zero-order valence-corrected chi connectivity index (χ0v) is 17.4. The Bertz CT molecular complexity index is 722. The van der Waals surface area contributed by atoms with Gasteiger partial charge < -0.3 is 15.4 Å². The zero-order chi connectivity index (χ0) is 19.1. The number of hydrogen-bond acceptors (Lipinski definition) is 4. The normalized spacial score (nSPS) is 13.0. The molecule has 26 heavy (non-hydrogen) atoms. The van der Waals surface area contributed by atoms with Gasteiger partial charge in [0, 0.05) is 11.9 Å². The molecule has 142 valence electrons. The number of nitrogens with zero attached hydrogens (tertiary/aromatic N) is 2. The molecule has 0 amide bonds. The van der Waals surface area contributed by atoms with Crippen LogP contribution >= 0.6 is 11.3 Å². The highest BCUT2D eigenvalue weighted by Crippen LogP contribution is 2.19. The Morgan fingerprint density at radius 3 is 2.42 bits per heavy atom. The number of aromatic nitrogens is 1.